The van der Waals surface area contributed by atoms with Gasteiger partial charge in [0.15, 0.2) is 0 Å². The number of aliphatic carboxylic acids is 1. The van der Waals surface area contributed by atoms with Crippen molar-refractivity contribution in [2.75, 3.05) is 5.75 Å². The lowest BCUT2D eigenvalue weighted by Crippen LogP contribution is -2.13. The number of aromatic nitrogens is 2. The average Bonchev–Trinajstić information content (AvgIpc) is 2.81. The molecule has 0 aliphatic heterocycles. The molecule has 0 amide bonds. The molecule has 0 aliphatic carbocycles. The molecular formula is C16H20N2O2S. The van der Waals surface area contributed by atoms with Gasteiger partial charge in [0.2, 0.25) is 0 Å². The second kappa shape index (κ2) is 6.35. The van der Waals surface area contributed by atoms with Crippen molar-refractivity contribution < 1.29 is 9.90 Å². The Hall–Kier alpha value is -1.75. The first kappa shape index (κ1) is 15.6. The summed E-state index contributed by atoms with van der Waals surface area (Å²) in [7, 11) is 0. The van der Waals surface area contributed by atoms with E-state index in [1.165, 1.54) is 11.8 Å². The van der Waals surface area contributed by atoms with Crippen LogP contribution in [0.15, 0.2) is 41.4 Å². The average molecular weight is 304 g/mol. The minimum absolute atomic E-state index is 0.0457. The highest BCUT2D eigenvalue weighted by molar-refractivity contribution is 7.99. The molecule has 1 heterocycles. The van der Waals surface area contributed by atoms with Crippen molar-refractivity contribution in [1.29, 1.82) is 0 Å². The van der Waals surface area contributed by atoms with Crippen LogP contribution in [-0.4, -0.2) is 26.6 Å². The Morgan fingerprint density at radius 3 is 2.52 bits per heavy atom. The molecule has 1 aromatic carbocycles. The van der Waals surface area contributed by atoms with E-state index in [4.69, 9.17) is 5.11 Å². The van der Waals surface area contributed by atoms with Crippen LogP contribution < -0.4 is 0 Å². The molecule has 1 N–H and O–H groups in total. The molecular weight excluding hydrogens is 284 g/mol. The summed E-state index contributed by atoms with van der Waals surface area (Å²) in [6.07, 6.45) is 0. The topological polar surface area (TPSA) is 55.1 Å². The Morgan fingerprint density at radius 2 is 1.95 bits per heavy atom. The molecule has 0 bridgehead atoms. The molecule has 2 aromatic rings. The predicted molar refractivity (Wildman–Crippen MR) is 84.8 cm³/mol. The van der Waals surface area contributed by atoms with E-state index in [9.17, 15) is 4.79 Å². The Balaban J connectivity index is 2.28. The fourth-order valence-corrected chi connectivity index (χ4v) is 2.61. The number of carboxylic acids is 1. The number of thioether (sulfide) groups is 1. The van der Waals surface area contributed by atoms with Gasteiger partial charge in [0.1, 0.15) is 0 Å². The number of carboxylic acid groups (broad SMARTS) is 1. The van der Waals surface area contributed by atoms with Crippen molar-refractivity contribution >= 4 is 17.7 Å². The summed E-state index contributed by atoms with van der Waals surface area (Å²) in [5.41, 5.74) is 2.07. The summed E-state index contributed by atoms with van der Waals surface area (Å²) < 4.78 is 1.89. The Kier molecular flexibility index (Phi) is 4.73. The van der Waals surface area contributed by atoms with Gasteiger partial charge in [-0.15, -0.1) is 0 Å². The molecule has 0 aliphatic rings. The molecule has 0 radical (unpaired) electrons. The molecule has 0 saturated carbocycles. The van der Waals surface area contributed by atoms with Gasteiger partial charge in [-0.3, -0.25) is 9.48 Å². The van der Waals surface area contributed by atoms with E-state index in [2.05, 4.69) is 25.9 Å². The second-order valence-electron chi connectivity index (χ2n) is 5.94. The number of hydrogen-bond donors (Lipinski definition) is 1. The van der Waals surface area contributed by atoms with Gasteiger partial charge in [0.05, 0.1) is 23.0 Å². The maximum atomic E-state index is 10.8. The maximum absolute atomic E-state index is 10.8. The van der Waals surface area contributed by atoms with Crippen molar-refractivity contribution in [3.63, 3.8) is 0 Å². The van der Waals surface area contributed by atoms with Gasteiger partial charge in [0, 0.05) is 5.41 Å². The lowest BCUT2D eigenvalue weighted by Gasteiger charge is -2.14. The molecule has 0 fully saturated rings. The van der Waals surface area contributed by atoms with Gasteiger partial charge in [-0.25, -0.2) is 0 Å². The Bertz CT molecular complexity index is 615. The normalized spacial score (nSPS) is 11.6. The SMILES string of the molecule is CC(C)(C)c1cc(SCC(=O)O)n(Cc2ccccc2)n1. The molecule has 4 nitrogen and oxygen atoms in total. The summed E-state index contributed by atoms with van der Waals surface area (Å²) in [4.78, 5) is 10.8. The largest absolute Gasteiger partial charge is 0.481 e. The molecule has 0 spiro atoms. The first-order valence-corrected chi connectivity index (χ1v) is 7.81. The quantitative estimate of drug-likeness (QED) is 0.860. The van der Waals surface area contributed by atoms with Crippen molar-refractivity contribution in [1.82, 2.24) is 9.78 Å². The van der Waals surface area contributed by atoms with E-state index in [0.717, 1.165) is 16.3 Å². The van der Waals surface area contributed by atoms with Crippen molar-refractivity contribution in [2.24, 2.45) is 0 Å². The minimum atomic E-state index is -0.815. The molecule has 2 rings (SSSR count). The summed E-state index contributed by atoms with van der Waals surface area (Å²) in [6.45, 7) is 6.97. The highest BCUT2D eigenvalue weighted by Gasteiger charge is 2.20. The van der Waals surface area contributed by atoms with E-state index in [1.807, 2.05) is 41.1 Å². The van der Waals surface area contributed by atoms with E-state index in [0.29, 0.717) is 6.54 Å². The molecule has 0 saturated heterocycles. The minimum Gasteiger partial charge on any atom is -0.481 e. The van der Waals surface area contributed by atoms with Crippen LogP contribution in [0.3, 0.4) is 0 Å². The zero-order valence-corrected chi connectivity index (χ0v) is 13.4. The summed E-state index contributed by atoms with van der Waals surface area (Å²) in [5, 5.41) is 14.4. The van der Waals surface area contributed by atoms with E-state index < -0.39 is 5.97 Å². The summed E-state index contributed by atoms with van der Waals surface area (Å²) >= 11 is 1.31. The molecule has 5 heteroatoms. The maximum Gasteiger partial charge on any atom is 0.313 e. The van der Waals surface area contributed by atoms with Gasteiger partial charge in [-0.05, 0) is 11.6 Å². The zero-order chi connectivity index (χ0) is 15.5. The monoisotopic (exact) mass is 304 g/mol. The number of nitrogens with zero attached hydrogens (tertiary/aromatic N) is 2. The number of carbonyl (C=O) groups is 1. The number of hydrogen-bond acceptors (Lipinski definition) is 3. The van der Waals surface area contributed by atoms with Crippen LogP contribution in [0.2, 0.25) is 0 Å². The van der Waals surface area contributed by atoms with Crippen LogP contribution in [0, 0.1) is 0 Å². The molecule has 21 heavy (non-hydrogen) atoms. The van der Waals surface area contributed by atoms with E-state index >= 15 is 0 Å². The number of rotatable bonds is 5. The highest BCUT2D eigenvalue weighted by Crippen LogP contribution is 2.27. The summed E-state index contributed by atoms with van der Waals surface area (Å²) in [6, 6.07) is 12.1. The number of benzene rings is 1. The first-order valence-electron chi connectivity index (χ1n) is 6.83. The van der Waals surface area contributed by atoms with Crippen LogP contribution in [0.4, 0.5) is 0 Å². The molecule has 0 unspecified atom stereocenters. The van der Waals surface area contributed by atoms with Crippen molar-refractivity contribution in [3.8, 4) is 0 Å². The predicted octanol–water partition coefficient (Wildman–Crippen LogP) is 3.41. The van der Waals surface area contributed by atoms with E-state index in [-0.39, 0.29) is 11.2 Å². The molecule has 112 valence electrons. The Morgan fingerprint density at radius 1 is 1.29 bits per heavy atom. The zero-order valence-electron chi connectivity index (χ0n) is 12.5. The Labute approximate surface area is 129 Å². The van der Waals surface area contributed by atoms with Crippen LogP contribution in [0.25, 0.3) is 0 Å². The first-order chi connectivity index (χ1) is 9.86. The highest BCUT2D eigenvalue weighted by atomic mass is 32.2. The fourth-order valence-electron chi connectivity index (χ4n) is 1.89. The second-order valence-corrected chi connectivity index (χ2v) is 6.94. The van der Waals surface area contributed by atoms with Gasteiger partial charge < -0.3 is 5.11 Å². The third-order valence-electron chi connectivity index (χ3n) is 3.03. The molecule has 0 atom stereocenters. The van der Waals surface area contributed by atoms with Crippen molar-refractivity contribution in [3.05, 3.63) is 47.7 Å². The van der Waals surface area contributed by atoms with Gasteiger partial charge in [-0.2, -0.15) is 5.10 Å². The van der Waals surface area contributed by atoms with Crippen LogP contribution in [0.1, 0.15) is 32.0 Å². The van der Waals surface area contributed by atoms with Crippen LogP contribution >= 0.6 is 11.8 Å². The van der Waals surface area contributed by atoms with Crippen LogP contribution in [0.5, 0.6) is 0 Å². The lowest BCUT2D eigenvalue weighted by atomic mass is 9.93. The third-order valence-corrected chi connectivity index (χ3v) is 4.05. The third kappa shape index (κ3) is 4.36. The van der Waals surface area contributed by atoms with Gasteiger partial charge in [0.25, 0.3) is 0 Å². The fraction of sp³-hybridized carbons (Fsp3) is 0.375. The standard InChI is InChI=1S/C16H20N2O2S/c1-16(2,3)13-9-14(21-11-15(19)20)18(17-13)10-12-7-5-4-6-8-12/h4-9H,10-11H2,1-3H3,(H,19,20). The van der Waals surface area contributed by atoms with Gasteiger partial charge >= 0.3 is 5.97 Å². The lowest BCUT2D eigenvalue weighted by molar-refractivity contribution is -0.133. The van der Waals surface area contributed by atoms with E-state index in [1.54, 1.807) is 0 Å². The summed E-state index contributed by atoms with van der Waals surface area (Å²) in [5.74, 6) is -0.769. The smallest absolute Gasteiger partial charge is 0.313 e. The van der Waals surface area contributed by atoms with Crippen molar-refractivity contribution in [2.45, 2.75) is 37.8 Å². The van der Waals surface area contributed by atoms with Gasteiger partial charge in [-0.1, -0.05) is 62.9 Å². The van der Waals surface area contributed by atoms with Crippen LogP contribution in [-0.2, 0) is 16.8 Å². The molecule has 1 aromatic heterocycles.